The van der Waals surface area contributed by atoms with Gasteiger partial charge in [-0.2, -0.15) is 0 Å². The normalized spacial score (nSPS) is 27.5. The summed E-state index contributed by atoms with van der Waals surface area (Å²) < 4.78 is 0. The fourth-order valence-corrected chi connectivity index (χ4v) is 6.30. The summed E-state index contributed by atoms with van der Waals surface area (Å²) in [4.78, 5) is 0. The molecule has 2 heterocycles. The molecular weight excluding hydrogens is 408 g/mol. The first-order valence-corrected chi connectivity index (χ1v) is 12.5. The number of fused-ring (bicyclic) bond motifs is 2. The van der Waals surface area contributed by atoms with E-state index in [-0.39, 0.29) is 22.9 Å². The van der Waals surface area contributed by atoms with Crippen LogP contribution in [0.4, 0.5) is 11.4 Å². The summed E-state index contributed by atoms with van der Waals surface area (Å²) in [6.45, 7) is 17.4. The number of benzene rings is 2. The molecule has 2 aliphatic rings. The van der Waals surface area contributed by atoms with E-state index in [2.05, 4.69) is 102 Å². The number of aliphatic hydroxyl groups is 2. The summed E-state index contributed by atoms with van der Waals surface area (Å²) >= 11 is 0. The van der Waals surface area contributed by atoms with Gasteiger partial charge in [-0.3, -0.25) is 0 Å². The number of hydrogen-bond donors (Lipinski definition) is 4. The van der Waals surface area contributed by atoms with Gasteiger partial charge < -0.3 is 20.8 Å². The first kappa shape index (κ1) is 24.1. The molecular formula is C29H42N2O2. The van der Waals surface area contributed by atoms with Crippen LogP contribution in [0.5, 0.6) is 0 Å². The van der Waals surface area contributed by atoms with Gasteiger partial charge in [0, 0.05) is 45.4 Å². The van der Waals surface area contributed by atoms with Crippen molar-refractivity contribution >= 4 is 11.4 Å². The van der Waals surface area contributed by atoms with Crippen LogP contribution in [0.2, 0.25) is 0 Å². The van der Waals surface area contributed by atoms with Gasteiger partial charge in [-0.15, -0.1) is 0 Å². The third-order valence-electron chi connectivity index (χ3n) is 8.20. The topological polar surface area (TPSA) is 64.5 Å². The maximum atomic E-state index is 11.2. The molecule has 4 rings (SSSR count). The van der Waals surface area contributed by atoms with Crippen LogP contribution in [0.3, 0.4) is 0 Å². The van der Waals surface area contributed by atoms with Gasteiger partial charge in [0.1, 0.15) is 0 Å². The average Bonchev–Trinajstić information content (AvgIpc) is 2.73. The predicted molar refractivity (Wildman–Crippen MR) is 138 cm³/mol. The highest BCUT2D eigenvalue weighted by Gasteiger charge is 2.44. The molecule has 0 saturated carbocycles. The van der Waals surface area contributed by atoms with Crippen molar-refractivity contribution in [2.75, 3.05) is 10.6 Å². The summed E-state index contributed by atoms with van der Waals surface area (Å²) in [7, 11) is 0. The summed E-state index contributed by atoms with van der Waals surface area (Å²) in [6.07, 6.45) is -0.254. The molecule has 2 aliphatic heterocycles. The van der Waals surface area contributed by atoms with Gasteiger partial charge in [0.15, 0.2) is 0 Å². The number of aliphatic hydroxyl groups excluding tert-OH is 2. The minimum atomic E-state index is -0.510. The Bertz CT molecular complexity index is 943. The van der Waals surface area contributed by atoms with Crippen molar-refractivity contribution < 1.29 is 10.2 Å². The molecule has 0 aliphatic carbocycles. The van der Waals surface area contributed by atoms with E-state index in [0.29, 0.717) is 11.8 Å². The van der Waals surface area contributed by atoms with Gasteiger partial charge >= 0.3 is 0 Å². The number of hydrogen-bond acceptors (Lipinski definition) is 4. The Balaban J connectivity index is 1.62. The second-order valence-electron chi connectivity index (χ2n) is 12.2. The first-order valence-electron chi connectivity index (χ1n) is 12.5. The van der Waals surface area contributed by atoms with E-state index in [1.165, 1.54) is 11.1 Å². The lowest BCUT2D eigenvalue weighted by Crippen LogP contribution is -2.47. The van der Waals surface area contributed by atoms with E-state index >= 15 is 0 Å². The van der Waals surface area contributed by atoms with Crippen LogP contribution >= 0.6 is 0 Å². The molecule has 4 atom stereocenters. The molecule has 4 nitrogen and oxygen atoms in total. The highest BCUT2D eigenvalue weighted by molar-refractivity contribution is 5.60. The lowest BCUT2D eigenvalue weighted by molar-refractivity contribution is 0.0185. The van der Waals surface area contributed by atoms with Gasteiger partial charge in [-0.25, -0.2) is 0 Å². The largest absolute Gasteiger partial charge is 0.388 e. The van der Waals surface area contributed by atoms with E-state index in [9.17, 15) is 10.2 Å². The second-order valence-corrected chi connectivity index (χ2v) is 12.2. The fourth-order valence-electron chi connectivity index (χ4n) is 6.30. The van der Waals surface area contributed by atoms with E-state index in [1.54, 1.807) is 0 Å². The van der Waals surface area contributed by atoms with E-state index in [1.807, 2.05) is 0 Å². The van der Waals surface area contributed by atoms with Crippen molar-refractivity contribution in [3.8, 4) is 0 Å². The molecule has 0 radical (unpaired) electrons. The molecule has 33 heavy (non-hydrogen) atoms. The quantitative estimate of drug-likeness (QED) is 0.442. The number of nitrogens with one attached hydrogen (secondary N) is 2. The van der Waals surface area contributed by atoms with Crippen molar-refractivity contribution in [1.29, 1.82) is 0 Å². The first-order chi connectivity index (χ1) is 15.3. The fraction of sp³-hybridized carbons (Fsp3) is 0.586. The summed E-state index contributed by atoms with van der Waals surface area (Å²) in [6, 6.07) is 13.3. The van der Waals surface area contributed by atoms with Crippen LogP contribution in [0.1, 0.15) is 89.9 Å². The van der Waals surface area contributed by atoms with Crippen LogP contribution < -0.4 is 10.6 Å². The smallest absolute Gasteiger partial charge is 0.0880 e. The molecule has 4 N–H and O–H groups in total. The molecule has 0 fully saturated rings. The Morgan fingerprint density at radius 1 is 0.697 bits per heavy atom. The van der Waals surface area contributed by atoms with Gasteiger partial charge in [-0.1, -0.05) is 79.7 Å². The van der Waals surface area contributed by atoms with Gasteiger partial charge in [-0.05, 0) is 41.5 Å². The molecule has 0 amide bonds. The average molecular weight is 451 g/mol. The Morgan fingerprint density at radius 2 is 1.06 bits per heavy atom. The Kier molecular flexibility index (Phi) is 6.07. The van der Waals surface area contributed by atoms with E-state index in [4.69, 9.17) is 0 Å². The molecule has 4 unspecified atom stereocenters. The zero-order valence-electron chi connectivity index (χ0n) is 21.5. The van der Waals surface area contributed by atoms with Crippen LogP contribution in [0, 0.1) is 22.7 Å². The highest BCUT2D eigenvalue weighted by atomic mass is 16.3. The van der Waals surface area contributed by atoms with Crippen molar-refractivity contribution in [2.24, 2.45) is 22.7 Å². The van der Waals surface area contributed by atoms with Gasteiger partial charge in [0.25, 0.3) is 0 Å². The van der Waals surface area contributed by atoms with Crippen LogP contribution in [0.25, 0.3) is 0 Å². The van der Waals surface area contributed by atoms with E-state index in [0.717, 1.165) is 28.9 Å². The SMILES string of the molecule is CC(C)C1Nc2ccc(Cc3ccc4c(c3)C(O)C(C)(C)C(C(C)C)N4)cc2C(O)C1(C)C. The maximum Gasteiger partial charge on any atom is 0.0880 e. The lowest BCUT2D eigenvalue weighted by atomic mass is 9.69. The summed E-state index contributed by atoms with van der Waals surface area (Å²) in [5.41, 5.74) is 5.88. The zero-order valence-corrected chi connectivity index (χ0v) is 21.5. The summed E-state index contributed by atoms with van der Waals surface area (Å²) in [5.74, 6) is 0.857. The van der Waals surface area contributed by atoms with Crippen LogP contribution in [-0.4, -0.2) is 22.3 Å². The molecule has 180 valence electrons. The molecule has 4 heteroatoms. The van der Waals surface area contributed by atoms with Crippen LogP contribution in [0.15, 0.2) is 36.4 Å². The molecule has 0 spiro atoms. The third kappa shape index (κ3) is 4.06. The predicted octanol–water partition coefficient (Wildman–Crippen LogP) is 6.30. The molecule has 2 aromatic carbocycles. The second kappa shape index (κ2) is 8.32. The molecule has 2 aromatic rings. The lowest BCUT2D eigenvalue weighted by Gasteiger charge is -2.47. The minimum absolute atomic E-state index is 0.221. The Labute approximate surface area is 199 Å². The van der Waals surface area contributed by atoms with E-state index < -0.39 is 12.2 Å². The molecule has 0 aromatic heterocycles. The minimum Gasteiger partial charge on any atom is -0.388 e. The maximum absolute atomic E-state index is 11.2. The third-order valence-corrected chi connectivity index (χ3v) is 8.20. The van der Waals surface area contributed by atoms with Crippen molar-refractivity contribution in [2.45, 2.75) is 86.1 Å². The Hall–Kier alpha value is -2.04. The highest BCUT2D eigenvalue weighted by Crippen LogP contribution is 2.48. The summed E-state index contributed by atoms with van der Waals surface area (Å²) in [5, 5.41) is 29.8. The van der Waals surface area contributed by atoms with Gasteiger partial charge in [0.05, 0.1) is 12.2 Å². The molecule has 0 saturated heterocycles. The molecule has 0 bridgehead atoms. The van der Waals surface area contributed by atoms with Crippen molar-refractivity contribution in [3.63, 3.8) is 0 Å². The number of rotatable bonds is 4. The van der Waals surface area contributed by atoms with Crippen molar-refractivity contribution in [3.05, 3.63) is 58.7 Å². The number of anilines is 2. The monoisotopic (exact) mass is 450 g/mol. The van der Waals surface area contributed by atoms with Gasteiger partial charge in [0.2, 0.25) is 0 Å². The Morgan fingerprint density at radius 3 is 1.39 bits per heavy atom. The standard InChI is InChI=1S/C29H42N2O2/c1-16(2)24-28(5,6)26(32)20-14-18(9-11-22(20)30-24)13-19-10-12-23-21(15-19)27(33)29(7,8)25(31-23)17(3)4/h9-12,14-17,24-27,30-33H,13H2,1-8H3. The zero-order chi connectivity index (χ0) is 24.3. The van der Waals surface area contributed by atoms with Crippen molar-refractivity contribution in [1.82, 2.24) is 0 Å². The van der Waals surface area contributed by atoms with Crippen LogP contribution in [-0.2, 0) is 6.42 Å².